The summed E-state index contributed by atoms with van der Waals surface area (Å²) < 4.78 is 0. The van der Waals surface area contributed by atoms with Crippen LogP contribution < -0.4 is 0 Å². The smallest absolute Gasteiger partial charge is 0.130 e. The van der Waals surface area contributed by atoms with E-state index in [1.54, 1.807) is 6.08 Å². The Balaban J connectivity index is 2.52. The Labute approximate surface area is 118 Å². The Morgan fingerprint density at radius 2 is 1.35 bits per heavy atom. The highest BCUT2D eigenvalue weighted by molar-refractivity contribution is 5.88. The second-order valence-corrected chi connectivity index (χ2v) is 4.16. The largest absolute Gasteiger partial charge is 0.192 e. The summed E-state index contributed by atoms with van der Waals surface area (Å²) in [6.45, 7) is 0. The van der Waals surface area contributed by atoms with Gasteiger partial charge in [0.1, 0.15) is 17.7 Å². The fraction of sp³-hybridized carbons (Fsp3) is 0. The van der Waals surface area contributed by atoms with E-state index in [9.17, 15) is 0 Å². The standard InChI is InChI=1S/C18H12N2/c19-13-16(14-20)12-18(17-9-5-2-6-10-17)11-15-7-3-1-4-8-15/h1-12H/b18-11-. The number of hydrogen-bond donors (Lipinski definition) is 0. The zero-order chi connectivity index (χ0) is 14.2. The molecule has 0 spiro atoms. The second kappa shape index (κ2) is 6.73. The average Bonchev–Trinajstić information content (AvgIpc) is 2.53. The molecule has 0 aromatic heterocycles. The van der Waals surface area contributed by atoms with Gasteiger partial charge >= 0.3 is 0 Å². The van der Waals surface area contributed by atoms with Crippen molar-refractivity contribution >= 4 is 11.6 Å². The van der Waals surface area contributed by atoms with Gasteiger partial charge in [0.05, 0.1) is 0 Å². The molecular formula is C18H12N2. The summed E-state index contributed by atoms with van der Waals surface area (Å²) in [6.07, 6.45) is 3.58. The topological polar surface area (TPSA) is 47.6 Å². The molecule has 0 heterocycles. The first-order valence-corrected chi connectivity index (χ1v) is 6.17. The van der Waals surface area contributed by atoms with Gasteiger partial charge in [0.2, 0.25) is 0 Å². The highest BCUT2D eigenvalue weighted by Gasteiger charge is 2.01. The number of nitriles is 2. The third-order valence-corrected chi connectivity index (χ3v) is 2.77. The molecule has 2 nitrogen and oxygen atoms in total. The zero-order valence-electron chi connectivity index (χ0n) is 10.8. The van der Waals surface area contributed by atoms with Crippen LogP contribution in [0.3, 0.4) is 0 Å². The van der Waals surface area contributed by atoms with Crippen LogP contribution >= 0.6 is 0 Å². The van der Waals surface area contributed by atoms with Crippen molar-refractivity contribution in [2.75, 3.05) is 0 Å². The van der Waals surface area contributed by atoms with Crippen molar-refractivity contribution in [2.45, 2.75) is 0 Å². The fourth-order valence-corrected chi connectivity index (χ4v) is 1.81. The molecular weight excluding hydrogens is 244 g/mol. The summed E-state index contributed by atoms with van der Waals surface area (Å²) >= 11 is 0. The minimum Gasteiger partial charge on any atom is -0.192 e. The Bertz CT molecular complexity index is 696. The van der Waals surface area contributed by atoms with Crippen molar-refractivity contribution in [3.8, 4) is 12.1 Å². The SMILES string of the molecule is N#CC(C#N)=C/C(=C/c1ccccc1)c1ccccc1. The van der Waals surface area contributed by atoms with Crippen molar-refractivity contribution in [2.24, 2.45) is 0 Å². The van der Waals surface area contributed by atoms with Crippen molar-refractivity contribution < 1.29 is 0 Å². The molecule has 0 bridgehead atoms. The normalized spacial score (nSPS) is 10.2. The predicted octanol–water partition coefficient (Wildman–Crippen LogP) is 4.20. The lowest BCUT2D eigenvalue weighted by Gasteiger charge is -2.03. The summed E-state index contributed by atoms with van der Waals surface area (Å²) in [4.78, 5) is 0. The van der Waals surface area contributed by atoms with Crippen LogP contribution in [0, 0.1) is 22.7 Å². The monoisotopic (exact) mass is 256 g/mol. The summed E-state index contributed by atoms with van der Waals surface area (Å²) in [5.41, 5.74) is 2.93. The van der Waals surface area contributed by atoms with Gasteiger partial charge in [-0.25, -0.2) is 0 Å². The van der Waals surface area contributed by atoms with Gasteiger partial charge < -0.3 is 0 Å². The maximum Gasteiger partial charge on any atom is 0.130 e. The molecule has 20 heavy (non-hydrogen) atoms. The molecule has 2 heteroatoms. The molecule has 0 radical (unpaired) electrons. The molecule has 2 aromatic rings. The molecule has 0 aliphatic carbocycles. The molecule has 0 atom stereocenters. The second-order valence-electron chi connectivity index (χ2n) is 4.16. The average molecular weight is 256 g/mol. The van der Waals surface area contributed by atoms with E-state index in [2.05, 4.69) is 0 Å². The number of hydrogen-bond acceptors (Lipinski definition) is 2. The summed E-state index contributed by atoms with van der Waals surface area (Å²) in [5, 5.41) is 17.8. The van der Waals surface area contributed by atoms with Gasteiger partial charge in [-0.2, -0.15) is 10.5 Å². The Morgan fingerprint density at radius 3 is 1.90 bits per heavy atom. The van der Waals surface area contributed by atoms with Crippen LogP contribution in [0.4, 0.5) is 0 Å². The van der Waals surface area contributed by atoms with Crippen LogP contribution in [0.5, 0.6) is 0 Å². The molecule has 0 aliphatic rings. The van der Waals surface area contributed by atoms with E-state index < -0.39 is 0 Å². The third kappa shape index (κ3) is 3.45. The lowest BCUT2D eigenvalue weighted by Crippen LogP contribution is -1.83. The van der Waals surface area contributed by atoms with E-state index in [1.807, 2.05) is 78.9 Å². The zero-order valence-corrected chi connectivity index (χ0v) is 10.8. The minimum absolute atomic E-state index is 0.0936. The number of benzene rings is 2. The molecule has 0 amide bonds. The number of nitrogens with zero attached hydrogens (tertiary/aromatic N) is 2. The van der Waals surface area contributed by atoms with Crippen LogP contribution in [0.2, 0.25) is 0 Å². The van der Waals surface area contributed by atoms with Crippen molar-refractivity contribution in [1.82, 2.24) is 0 Å². The Hall–Kier alpha value is -3.10. The van der Waals surface area contributed by atoms with E-state index in [-0.39, 0.29) is 5.57 Å². The van der Waals surface area contributed by atoms with E-state index in [1.165, 1.54) is 0 Å². The lowest BCUT2D eigenvalue weighted by atomic mass is 10.0. The van der Waals surface area contributed by atoms with Gasteiger partial charge in [0, 0.05) is 0 Å². The van der Waals surface area contributed by atoms with Crippen molar-refractivity contribution in [3.63, 3.8) is 0 Å². The van der Waals surface area contributed by atoms with Crippen LogP contribution in [-0.4, -0.2) is 0 Å². The molecule has 0 N–H and O–H groups in total. The van der Waals surface area contributed by atoms with Crippen LogP contribution in [-0.2, 0) is 0 Å². The van der Waals surface area contributed by atoms with Crippen molar-refractivity contribution in [3.05, 3.63) is 83.4 Å². The first-order valence-electron chi connectivity index (χ1n) is 6.17. The van der Waals surface area contributed by atoms with Crippen LogP contribution in [0.1, 0.15) is 11.1 Å². The molecule has 0 saturated carbocycles. The minimum atomic E-state index is 0.0936. The predicted molar refractivity (Wildman–Crippen MR) is 80.1 cm³/mol. The van der Waals surface area contributed by atoms with Crippen LogP contribution in [0.25, 0.3) is 11.6 Å². The molecule has 2 aromatic carbocycles. The van der Waals surface area contributed by atoms with Gasteiger partial charge in [-0.15, -0.1) is 0 Å². The van der Waals surface area contributed by atoms with Gasteiger partial charge in [-0.1, -0.05) is 60.7 Å². The molecule has 2 rings (SSSR count). The summed E-state index contributed by atoms with van der Waals surface area (Å²) in [5.74, 6) is 0. The Morgan fingerprint density at radius 1 is 0.800 bits per heavy atom. The fourth-order valence-electron chi connectivity index (χ4n) is 1.81. The van der Waals surface area contributed by atoms with E-state index >= 15 is 0 Å². The molecule has 0 saturated heterocycles. The molecule has 0 unspecified atom stereocenters. The summed E-state index contributed by atoms with van der Waals surface area (Å²) in [6, 6.07) is 23.3. The molecule has 0 aliphatic heterocycles. The number of allylic oxidation sites excluding steroid dienone is 3. The molecule has 94 valence electrons. The Kier molecular flexibility index (Phi) is 4.49. The lowest BCUT2D eigenvalue weighted by molar-refractivity contribution is 1.46. The molecule has 0 fully saturated rings. The van der Waals surface area contributed by atoms with Gasteiger partial charge in [-0.3, -0.25) is 0 Å². The summed E-state index contributed by atoms with van der Waals surface area (Å²) in [7, 11) is 0. The van der Waals surface area contributed by atoms with Gasteiger partial charge in [-0.05, 0) is 28.9 Å². The quantitative estimate of drug-likeness (QED) is 0.469. The highest BCUT2D eigenvalue weighted by Crippen LogP contribution is 2.20. The third-order valence-electron chi connectivity index (χ3n) is 2.77. The first-order chi connectivity index (χ1) is 9.83. The number of rotatable bonds is 3. The van der Waals surface area contributed by atoms with E-state index in [0.717, 1.165) is 16.7 Å². The maximum atomic E-state index is 8.92. The highest BCUT2D eigenvalue weighted by atomic mass is 14.3. The maximum absolute atomic E-state index is 8.92. The van der Waals surface area contributed by atoms with Crippen LogP contribution in [0.15, 0.2) is 72.3 Å². The van der Waals surface area contributed by atoms with Gasteiger partial charge in [0.15, 0.2) is 0 Å². The first kappa shape index (κ1) is 13.3. The van der Waals surface area contributed by atoms with Gasteiger partial charge in [0.25, 0.3) is 0 Å². The van der Waals surface area contributed by atoms with E-state index in [4.69, 9.17) is 10.5 Å². The van der Waals surface area contributed by atoms with E-state index in [0.29, 0.717) is 0 Å². The van der Waals surface area contributed by atoms with Crippen molar-refractivity contribution in [1.29, 1.82) is 10.5 Å².